The first-order chi connectivity index (χ1) is 8.81. The van der Waals surface area contributed by atoms with Crippen LogP contribution in [0.5, 0.6) is 5.75 Å². The molecule has 1 aliphatic rings. The molecule has 0 radical (unpaired) electrons. The Morgan fingerprint density at radius 3 is 2.67 bits per heavy atom. The molecule has 0 aliphatic carbocycles. The number of carbonyl (C=O) groups excluding carboxylic acids is 1. The van der Waals surface area contributed by atoms with E-state index in [9.17, 15) is 4.79 Å². The lowest BCUT2D eigenvalue weighted by Crippen LogP contribution is -2.31. The fraction of sp³-hybridized carbons (Fsp3) is 0.533. The molecule has 0 atom stereocenters. The topological polar surface area (TPSA) is 29.5 Å². The van der Waals surface area contributed by atoms with Crippen molar-refractivity contribution in [3.05, 3.63) is 29.8 Å². The Bertz CT molecular complexity index is 397. The first-order valence-corrected chi connectivity index (χ1v) is 6.70. The summed E-state index contributed by atoms with van der Waals surface area (Å²) >= 11 is 0. The molecular formula is C15H21NO2. The zero-order valence-corrected chi connectivity index (χ0v) is 11.0. The van der Waals surface area contributed by atoms with Gasteiger partial charge in [-0.15, -0.1) is 0 Å². The minimum Gasteiger partial charge on any atom is -0.496 e. The number of ether oxygens (including phenoxy) is 1. The van der Waals surface area contributed by atoms with Crippen LogP contribution in [0.2, 0.25) is 0 Å². The number of para-hydroxylation sites is 1. The summed E-state index contributed by atoms with van der Waals surface area (Å²) in [5.74, 6) is 0.860. The number of methoxy groups -OCH3 is 1. The second-order valence-corrected chi connectivity index (χ2v) is 4.78. The highest BCUT2D eigenvalue weighted by atomic mass is 16.5. The zero-order chi connectivity index (χ0) is 12.8. The molecule has 1 heterocycles. The predicted molar refractivity (Wildman–Crippen MR) is 72.2 cm³/mol. The highest BCUT2D eigenvalue weighted by Gasteiger charge is 2.15. The van der Waals surface area contributed by atoms with Crippen LogP contribution < -0.4 is 4.74 Å². The highest BCUT2D eigenvalue weighted by Crippen LogP contribution is 2.19. The van der Waals surface area contributed by atoms with Crippen LogP contribution in [0, 0.1) is 0 Å². The average molecular weight is 247 g/mol. The van der Waals surface area contributed by atoms with Gasteiger partial charge in [0.05, 0.1) is 12.7 Å². The van der Waals surface area contributed by atoms with Crippen LogP contribution >= 0.6 is 0 Å². The van der Waals surface area contributed by atoms with E-state index in [-0.39, 0.29) is 5.78 Å². The molecule has 1 fully saturated rings. The standard InChI is InChI=1S/C15H21NO2/c1-18-15-8-4-3-7-13(15)14(17)9-12-16-10-5-2-6-11-16/h3-4,7-8H,2,5-6,9-12H2,1H3. The molecule has 0 saturated carbocycles. The van der Waals surface area contributed by atoms with Gasteiger partial charge in [0.2, 0.25) is 0 Å². The van der Waals surface area contributed by atoms with Gasteiger partial charge in [-0.05, 0) is 38.1 Å². The molecule has 18 heavy (non-hydrogen) atoms. The second kappa shape index (κ2) is 6.55. The number of nitrogens with zero attached hydrogens (tertiary/aromatic N) is 1. The van der Waals surface area contributed by atoms with Crippen molar-refractivity contribution < 1.29 is 9.53 Å². The number of Topliss-reactive ketones (excluding diaryl/α,β-unsaturated/α-hetero) is 1. The van der Waals surface area contributed by atoms with Gasteiger partial charge in [-0.25, -0.2) is 0 Å². The number of hydrogen-bond acceptors (Lipinski definition) is 3. The minimum absolute atomic E-state index is 0.179. The van der Waals surface area contributed by atoms with Gasteiger partial charge < -0.3 is 9.64 Å². The van der Waals surface area contributed by atoms with Crippen LogP contribution in [-0.2, 0) is 0 Å². The van der Waals surface area contributed by atoms with Crippen LogP contribution in [0.15, 0.2) is 24.3 Å². The van der Waals surface area contributed by atoms with E-state index in [0.29, 0.717) is 17.7 Å². The van der Waals surface area contributed by atoms with Crippen LogP contribution in [0.4, 0.5) is 0 Å². The number of ketones is 1. The Morgan fingerprint density at radius 2 is 1.94 bits per heavy atom. The van der Waals surface area contributed by atoms with Gasteiger partial charge in [-0.2, -0.15) is 0 Å². The lowest BCUT2D eigenvalue weighted by Gasteiger charge is -2.26. The van der Waals surface area contributed by atoms with E-state index in [1.807, 2.05) is 24.3 Å². The molecule has 0 spiro atoms. The lowest BCUT2D eigenvalue weighted by atomic mass is 10.1. The van der Waals surface area contributed by atoms with E-state index in [2.05, 4.69) is 4.90 Å². The molecule has 98 valence electrons. The zero-order valence-electron chi connectivity index (χ0n) is 11.0. The summed E-state index contributed by atoms with van der Waals surface area (Å²) in [6.07, 6.45) is 4.45. The van der Waals surface area contributed by atoms with E-state index in [1.165, 1.54) is 19.3 Å². The molecule has 1 aromatic rings. The van der Waals surface area contributed by atoms with E-state index in [1.54, 1.807) is 7.11 Å². The van der Waals surface area contributed by atoms with E-state index >= 15 is 0 Å². The normalized spacial score (nSPS) is 16.5. The quantitative estimate of drug-likeness (QED) is 0.749. The Balaban J connectivity index is 1.90. The maximum absolute atomic E-state index is 12.2. The summed E-state index contributed by atoms with van der Waals surface area (Å²) in [5, 5.41) is 0. The Labute approximate surface area is 109 Å². The largest absolute Gasteiger partial charge is 0.496 e. The lowest BCUT2D eigenvalue weighted by molar-refractivity contribution is 0.0956. The summed E-state index contributed by atoms with van der Waals surface area (Å²) in [4.78, 5) is 14.5. The van der Waals surface area contributed by atoms with Crippen molar-refractivity contribution in [2.75, 3.05) is 26.7 Å². The van der Waals surface area contributed by atoms with Crippen molar-refractivity contribution >= 4 is 5.78 Å². The Kier molecular flexibility index (Phi) is 4.76. The van der Waals surface area contributed by atoms with Gasteiger partial charge in [-0.3, -0.25) is 4.79 Å². The molecule has 0 bridgehead atoms. The second-order valence-electron chi connectivity index (χ2n) is 4.78. The first-order valence-electron chi connectivity index (χ1n) is 6.70. The van der Waals surface area contributed by atoms with E-state index in [4.69, 9.17) is 4.74 Å². The fourth-order valence-electron chi connectivity index (χ4n) is 2.45. The van der Waals surface area contributed by atoms with Crippen molar-refractivity contribution in [1.82, 2.24) is 4.90 Å². The van der Waals surface area contributed by atoms with Crippen molar-refractivity contribution in [2.24, 2.45) is 0 Å². The monoisotopic (exact) mass is 247 g/mol. The number of likely N-dealkylation sites (tertiary alicyclic amines) is 1. The Hall–Kier alpha value is -1.35. The van der Waals surface area contributed by atoms with E-state index < -0.39 is 0 Å². The molecule has 1 aliphatic heterocycles. The molecule has 1 aromatic carbocycles. The molecular weight excluding hydrogens is 226 g/mol. The summed E-state index contributed by atoms with van der Waals surface area (Å²) in [6, 6.07) is 7.46. The fourth-order valence-corrected chi connectivity index (χ4v) is 2.45. The summed E-state index contributed by atoms with van der Waals surface area (Å²) in [6.45, 7) is 3.15. The smallest absolute Gasteiger partial charge is 0.167 e. The summed E-state index contributed by atoms with van der Waals surface area (Å²) in [7, 11) is 1.61. The van der Waals surface area contributed by atoms with Crippen LogP contribution in [0.25, 0.3) is 0 Å². The van der Waals surface area contributed by atoms with Crippen molar-refractivity contribution in [3.63, 3.8) is 0 Å². The molecule has 0 N–H and O–H groups in total. The minimum atomic E-state index is 0.179. The number of rotatable bonds is 5. The molecule has 2 rings (SSSR count). The summed E-state index contributed by atoms with van der Waals surface area (Å²) < 4.78 is 5.22. The van der Waals surface area contributed by atoms with Gasteiger partial charge in [0.1, 0.15) is 5.75 Å². The SMILES string of the molecule is COc1ccccc1C(=O)CCN1CCCCC1. The number of carbonyl (C=O) groups is 1. The molecule has 0 aromatic heterocycles. The molecule has 1 saturated heterocycles. The molecule has 3 nitrogen and oxygen atoms in total. The van der Waals surface area contributed by atoms with E-state index in [0.717, 1.165) is 19.6 Å². The van der Waals surface area contributed by atoms with Crippen LogP contribution in [0.1, 0.15) is 36.0 Å². The third-order valence-electron chi connectivity index (χ3n) is 3.51. The number of benzene rings is 1. The molecule has 0 amide bonds. The van der Waals surface area contributed by atoms with Gasteiger partial charge in [0.15, 0.2) is 5.78 Å². The Morgan fingerprint density at radius 1 is 1.22 bits per heavy atom. The number of piperidine rings is 1. The van der Waals surface area contributed by atoms with Gasteiger partial charge in [-0.1, -0.05) is 18.6 Å². The first kappa shape index (κ1) is 13.1. The highest BCUT2D eigenvalue weighted by molar-refractivity contribution is 5.98. The van der Waals surface area contributed by atoms with Gasteiger partial charge in [0.25, 0.3) is 0 Å². The third kappa shape index (κ3) is 3.33. The van der Waals surface area contributed by atoms with Gasteiger partial charge >= 0.3 is 0 Å². The van der Waals surface area contributed by atoms with Crippen molar-refractivity contribution in [1.29, 1.82) is 0 Å². The van der Waals surface area contributed by atoms with Crippen LogP contribution in [0.3, 0.4) is 0 Å². The molecule has 0 unspecified atom stereocenters. The predicted octanol–water partition coefficient (Wildman–Crippen LogP) is 2.75. The van der Waals surface area contributed by atoms with Crippen molar-refractivity contribution in [3.8, 4) is 5.75 Å². The van der Waals surface area contributed by atoms with Gasteiger partial charge in [0, 0.05) is 13.0 Å². The maximum Gasteiger partial charge on any atom is 0.167 e. The average Bonchev–Trinajstić information content (AvgIpc) is 2.45. The number of hydrogen-bond donors (Lipinski definition) is 0. The third-order valence-corrected chi connectivity index (χ3v) is 3.51. The van der Waals surface area contributed by atoms with Crippen molar-refractivity contribution in [2.45, 2.75) is 25.7 Å². The molecule has 3 heteroatoms. The summed E-state index contributed by atoms with van der Waals surface area (Å²) in [5.41, 5.74) is 0.706. The van der Waals surface area contributed by atoms with Crippen LogP contribution in [-0.4, -0.2) is 37.4 Å². The maximum atomic E-state index is 12.2.